The van der Waals surface area contributed by atoms with Crippen molar-refractivity contribution in [3.05, 3.63) is 0 Å². The molecule has 1 unspecified atom stereocenters. The molecule has 2 rings (SSSR count). The number of rotatable bonds is 8. The Morgan fingerprint density at radius 2 is 1.77 bits per heavy atom. The molecule has 196 valence electrons. The molecule has 2 aliphatic heterocycles. The smallest absolute Gasteiger partial charge is 0.410 e. The van der Waals surface area contributed by atoms with Crippen LogP contribution < -0.4 is 5.32 Å². The first kappa shape index (κ1) is 28.5. The number of amides is 3. The molecule has 3 amide bonds. The number of esters is 1. The van der Waals surface area contributed by atoms with Crippen molar-refractivity contribution in [1.29, 1.82) is 0 Å². The lowest BCUT2D eigenvalue weighted by atomic mass is 9.91. The van der Waals surface area contributed by atoms with Gasteiger partial charge in [0.05, 0.1) is 18.9 Å². The first-order valence-electron chi connectivity index (χ1n) is 12.7. The molecule has 2 heterocycles. The number of nitrogens with one attached hydrogen (secondary N) is 1. The third kappa shape index (κ3) is 9.79. The lowest BCUT2D eigenvalue weighted by molar-refractivity contribution is -0.143. The number of hydrogen-bond acceptors (Lipinski definition) is 6. The summed E-state index contributed by atoms with van der Waals surface area (Å²) < 4.78 is 10.3. The summed E-state index contributed by atoms with van der Waals surface area (Å²) in [5.41, 5.74) is -0.508. The van der Waals surface area contributed by atoms with Gasteiger partial charge in [0.15, 0.2) is 0 Å². The van der Waals surface area contributed by atoms with E-state index in [0.29, 0.717) is 44.9 Å². The second kappa shape index (κ2) is 13.4. The molecule has 35 heavy (non-hydrogen) atoms. The van der Waals surface area contributed by atoms with Gasteiger partial charge in [-0.2, -0.15) is 0 Å². The fraction of sp³-hybridized carbons (Fsp3) is 0.769. The Bertz CT molecular complexity index is 792. The number of hydrogen-bond donors (Lipinski definition) is 1. The first-order chi connectivity index (χ1) is 16.5. The lowest BCUT2D eigenvalue weighted by Gasteiger charge is -2.34. The number of ether oxygens (including phenoxy) is 2. The monoisotopic (exact) mass is 491 g/mol. The zero-order chi connectivity index (χ0) is 26.0. The number of piperidine rings is 2. The number of terminal acetylenes is 1. The fourth-order valence-corrected chi connectivity index (χ4v) is 4.46. The molecule has 2 fully saturated rings. The fourth-order valence-electron chi connectivity index (χ4n) is 4.46. The normalized spacial score (nSPS) is 19.9. The van der Waals surface area contributed by atoms with Crippen molar-refractivity contribution in [1.82, 2.24) is 15.1 Å². The van der Waals surface area contributed by atoms with Gasteiger partial charge in [-0.05, 0) is 65.7 Å². The number of nitrogens with zero attached hydrogens (tertiary/aromatic N) is 2. The standard InChI is InChI=1S/C26H41N3O6/c1-6-21(17-23(31)34-7-2)27-24(32)20-9-8-14-29(18-20)22(30)11-10-19-12-15-28(16-13-19)25(33)35-26(3,4)5/h1,19-21H,7-18H2,2-5H3,(H,27,32)/t20-,21?/m1/s1. The largest absolute Gasteiger partial charge is 0.466 e. The summed E-state index contributed by atoms with van der Waals surface area (Å²) in [4.78, 5) is 53.0. The average Bonchev–Trinajstić information content (AvgIpc) is 2.81. The number of carbonyl (C=O) groups excluding carboxylic acids is 4. The first-order valence-corrected chi connectivity index (χ1v) is 12.7. The van der Waals surface area contributed by atoms with Gasteiger partial charge in [-0.3, -0.25) is 14.4 Å². The van der Waals surface area contributed by atoms with Gasteiger partial charge in [0.2, 0.25) is 11.8 Å². The highest BCUT2D eigenvalue weighted by atomic mass is 16.6. The Morgan fingerprint density at radius 3 is 2.37 bits per heavy atom. The number of likely N-dealkylation sites (tertiary alicyclic amines) is 2. The van der Waals surface area contributed by atoms with Crippen LogP contribution in [0.2, 0.25) is 0 Å². The number of carbonyl (C=O) groups is 4. The van der Waals surface area contributed by atoms with Crippen LogP contribution >= 0.6 is 0 Å². The topological polar surface area (TPSA) is 105 Å². The highest BCUT2D eigenvalue weighted by Gasteiger charge is 2.31. The molecule has 0 aromatic carbocycles. The second-order valence-corrected chi connectivity index (χ2v) is 10.4. The van der Waals surface area contributed by atoms with E-state index in [1.807, 2.05) is 20.8 Å². The van der Waals surface area contributed by atoms with Crippen LogP contribution in [0.5, 0.6) is 0 Å². The van der Waals surface area contributed by atoms with Crippen molar-refractivity contribution in [3.8, 4) is 12.3 Å². The van der Waals surface area contributed by atoms with Crippen LogP contribution in [0.4, 0.5) is 4.79 Å². The minimum atomic E-state index is -0.723. The Hall–Kier alpha value is -2.76. The molecule has 2 atom stereocenters. The molecule has 0 aromatic rings. The lowest BCUT2D eigenvalue weighted by Crippen LogP contribution is -2.47. The van der Waals surface area contributed by atoms with Crippen LogP contribution in [0.25, 0.3) is 0 Å². The molecule has 2 saturated heterocycles. The summed E-state index contributed by atoms with van der Waals surface area (Å²) in [6.07, 6.45) is 9.45. The summed E-state index contributed by atoms with van der Waals surface area (Å²) in [5.74, 6) is 1.84. The van der Waals surface area contributed by atoms with Crippen molar-refractivity contribution < 1.29 is 28.7 Å². The van der Waals surface area contributed by atoms with Crippen LogP contribution in [0.3, 0.4) is 0 Å². The summed E-state index contributed by atoms with van der Waals surface area (Å²) in [5, 5.41) is 2.74. The van der Waals surface area contributed by atoms with Gasteiger partial charge >= 0.3 is 12.1 Å². The predicted octanol–water partition coefficient (Wildman–Crippen LogP) is 2.72. The average molecular weight is 492 g/mol. The third-order valence-electron chi connectivity index (χ3n) is 6.37. The van der Waals surface area contributed by atoms with Crippen molar-refractivity contribution in [2.24, 2.45) is 11.8 Å². The highest BCUT2D eigenvalue weighted by molar-refractivity contribution is 5.82. The molecule has 0 aliphatic carbocycles. The molecular formula is C26H41N3O6. The van der Waals surface area contributed by atoms with Crippen LogP contribution in [-0.2, 0) is 23.9 Å². The quantitative estimate of drug-likeness (QED) is 0.413. The zero-order valence-electron chi connectivity index (χ0n) is 21.6. The van der Waals surface area contributed by atoms with E-state index in [-0.39, 0.29) is 36.9 Å². The van der Waals surface area contributed by atoms with Gasteiger partial charge < -0.3 is 24.6 Å². The van der Waals surface area contributed by atoms with Crippen LogP contribution in [0, 0.1) is 24.2 Å². The van der Waals surface area contributed by atoms with E-state index in [4.69, 9.17) is 15.9 Å². The maximum Gasteiger partial charge on any atom is 0.410 e. The van der Waals surface area contributed by atoms with Crippen LogP contribution in [0.15, 0.2) is 0 Å². The SMILES string of the molecule is C#CC(CC(=O)OCC)NC(=O)[C@@H]1CCCN(C(=O)CCC2CCN(C(=O)OC(C)(C)C)CC2)C1. The predicted molar refractivity (Wildman–Crippen MR) is 131 cm³/mol. The van der Waals surface area contributed by atoms with Crippen LogP contribution in [-0.4, -0.2) is 78.1 Å². The van der Waals surface area contributed by atoms with E-state index in [1.54, 1.807) is 16.7 Å². The molecule has 9 heteroatoms. The third-order valence-corrected chi connectivity index (χ3v) is 6.37. The second-order valence-electron chi connectivity index (χ2n) is 10.4. The highest BCUT2D eigenvalue weighted by Crippen LogP contribution is 2.25. The molecule has 0 spiro atoms. The Morgan fingerprint density at radius 1 is 1.09 bits per heavy atom. The van der Waals surface area contributed by atoms with Gasteiger partial charge in [-0.1, -0.05) is 5.92 Å². The molecular weight excluding hydrogens is 450 g/mol. The summed E-state index contributed by atoms with van der Waals surface area (Å²) in [6, 6.07) is -0.723. The molecule has 9 nitrogen and oxygen atoms in total. The van der Waals surface area contributed by atoms with Gasteiger partial charge in [0.25, 0.3) is 0 Å². The summed E-state index contributed by atoms with van der Waals surface area (Å²) in [7, 11) is 0. The molecule has 2 aliphatic rings. The van der Waals surface area contributed by atoms with Crippen molar-refractivity contribution >= 4 is 23.9 Å². The minimum Gasteiger partial charge on any atom is -0.466 e. The molecule has 0 radical (unpaired) electrons. The Balaban J connectivity index is 1.75. The molecule has 0 aromatic heterocycles. The Kier molecular flexibility index (Phi) is 10.9. The molecule has 0 saturated carbocycles. The van der Waals surface area contributed by atoms with Crippen molar-refractivity contribution in [3.63, 3.8) is 0 Å². The van der Waals surface area contributed by atoms with E-state index in [2.05, 4.69) is 11.2 Å². The zero-order valence-corrected chi connectivity index (χ0v) is 21.6. The van der Waals surface area contributed by atoms with E-state index < -0.39 is 17.6 Å². The molecule has 1 N–H and O–H groups in total. The van der Waals surface area contributed by atoms with Crippen molar-refractivity contribution in [2.45, 2.75) is 84.3 Å². The van der Waals surface area contributed by atoms with E-state index >= 15 is 0 Å². The van der Waals surface area contributed by atoms with E-state index in [9.17, 15) is 19.2 Å². The van der Waals surface area contributed by atoms with Crippen LogP contribution in [0.1, 0.15) is 72.6 Å². The van der Waals surface area contributed by atoms with Gasteiger partial charge in [-0.15, -0.1) is 6.42 Å². The van der Waals surface area contributed by atoms with Crippen molar-refractivity contribution in [2.75, 3.05) is 32.8 Å². The maximum absolute atomic E-state index is 12.9. The van der Waals surface area contributed by atoms with Gasteiger partial charge in [0.1, 0.15) is 11.6 Å². The summed E-state index contributed by atoms with van der Waals surface area (Å²) >= 11 is 0. The molecule has 0 bridgehead atoms. The van der Waals surface area contributed by atoms with Gasteiger partial charge in [-0.25, -0.2) is 4.79 Å². The minimum absolute atomic E-state index is 0.0529. The maximum atomic E-state index is 12.9. The van der Waals surface area contributed by atoms with E-state index in [0.717, 1.165) is 25.7 Å². The van der Waals surface area contributed by atoms with E-state index in [1.165, 1.54) is 0 Å². The van der Waals surface area contributed by atoms with Gasteiger partial charge in [0, 0.05) is 32.6 Å². The Labute approximate surface area is 209 Å². The summed E-state index contributed by atoms with van der Waals surface area (Å²) in [6.45, 7) is 9.82.